The minimum absolute atomic E-state index is 0.0666. The van der Waals surface area contributed by atoms with Gasteiger partial charge in [-0.1, -0.05) is 31.2 Å². The van der Waals surface area contributed by atoms with Crippen LogP contribution < -0.4 is 11.1 Å². The number of anilines is 2. The molecule has 0 bridgehead atoms. The maximum atomic E-state index is 12.7. The van der Waals surface area contributed by atoms with E-state index < -0.39 is 17.6 Å². The number of thioether (sulfide) groups is 1. The van der Waals surface area contributed by atoms with E-state index in [9.17, 15) is 18.0 Å². The number of nitrogens with one attached hydrogen (secondary N) is 1. The lowest BCUT2D eigenvalue weighted by molar-refractivity contribution is -0.137. The molecule has 0 unspecified atom stereocenters. The highest BCUT2D eigenvalue weighted by Crippen LogP contribution is 2.30. The lowest BCUT2D eigenvalue weighted by Gasteiger charge is -2.09. The molecular weight excluding hydrogens is 393 g/mol. The van der Waals surface area contributed by atoms with Gasteiger partial charge in [-0.25, -0.2) is 9.38 Å². The fraction of sp³-hybridized carbons (Fsp3) is 0.294. The highest BCUT2D eigenvalue weighted by molar-refractivity contribution is 7.99. The van der Waals surface area contributed by atoms with Gasteiger partial charge in [-0.3, -0.25) is 4.79 Å². The minimum Gasteiger partial charge on any atom is -0.369 e. The Bertz CT molecular complexity index is 1000. The van der Waals surface area contributed by atoms with E-state index in [1.165, 1.54) is 16.5 Å². The lowest BCUT2D eigenvalue weighted by Crippen LogP contribution is -2.15. The summed E-state index contributed by atoms with van der Waals surface area (Å²) in [6, 6.07) is 6.22. The maximum Gasteiger partial charge on any atom is 0.416 e. The normalized spacial score (nSPS) is 11.7. The number of nitrogens with two attached hydrogens (primary N) is 1. The summed E-state index contributed by atoms with van der Waals surface area (Å²) < 4.78 is 39.8. The van der Waals surface area contributed by atoms with Gasteiger partial charge in [0.2, 0.25) is 11.9 Å². The quantitative estimate of drug-likeness (QED) is 0.605. The standard InChI is InChI=1S/C17H17F3N6OS/c1-2-4-11-8-13-24-25-16(26(13)15(21)23-11)28-9-14(27)22-12-6-3-5-10(7-12)17(18,19)20/h3,5-8H,2,4,9H2,1H3,(H2,21,23)(H,22,27). The molecule has 0 aliphatic carbocycles. The first-order valence-electron chi connectivity index (χ1n) is 8.38. The molecule has 0 saturated carbocycles. The number of carbonyl (C=O) groups is 1. The molecular formula is C17H17F3N6OS. The summed E-state index contributed by atoms with van der Waals surface area (Å²) in [4.78, 5) is 16.4. The average molecular weight is 410 g/mol. The van der Waals surface area contributed by atoms with Gasteiger partial charge in [-0.05, 0) is 24.6 Å². The Morgan fingerprint density at radius 2 is 2.07 bits per heavy atom. The molecule has 2 heterocycles. The van der Waals surface area contributed by atoms with Crippen molar-refractivity contribution >= 4 is 35.0 Å². The third kappa shape index (κ3) is 4.53. The van der Waals surface area contributed by atoms with Crippen LogP contribution in [0.5, 0.6) is 0 Å². The zero-order valence-corrected chi connectivity index (χ0v) is 15.6. The smallest absolute Gasteiger partial charge is 0.369 e. The fourth-order valence-electron chi connectivity index (χ4n) is 2.55. The maximum absolute atomic E-state index is 12.7. The number of hydrogen-bond acceptors (Lipinski definition) is 6. The molecule has 1 aromatic carbocycles. The zero-order valence-electron chi connectivity index (χ0n) is 14.8. The van der Waals surface area contributed by atoms with Crippen LogP contribution in [0.4, 0.5) is 24.8 Å². The second kappa shape index (κ2) is 8.05. The Kier molecular flexibility index (Phi) is 5.73. The molecule has 0 radical (unpaired) electrons. The van der Waals surface area contributed by atoms with Crippen LogP contribution in [-0.2, 0) is 17.4 Å². The van der Waals surface area contributed by atoms with Gasteiger partial charge in [0.05, 0.1) is 11.3 Å². The molecule has 7 nitrogen and oxygen atoms in total. The molecule has 3 N–H and O–H groups in total. The van der Waals surface area contributed by atoms with Crippen molar-refractivity contribution in [2.45, 2.75) is 31.1 Å². The van der Waals surface area contributed by atoms with Gasteiger partial charge in [0.15, 0.2) is 10.8 Å². The molecule has 3 rings (SSSR count). The molecule has 0 saturated heterocycles. The first kappa shape index (κ1) is 19.9. The van der Waals surface area contributed by atoms with Crippen LogP contribution in [0.3, 0.4) is 0 Å². The van der Waals surface area contributed by atoms with E-state index in [4.69, 9.17) is 5.73 Å². The second-order valence-electron chi connectivity index (χ2n) is 5.95. The molecule has 0 aliphatic rings. The summed E-state index contributed by atoms with van der Waals surface area (Å²) in [5.41, 5.74) is 6.54. The van der Waals surface area contributed by atoms with Crippen molar-refractivity contribution in [1.29, 1.82) is 0 Å². The van der Waals surface area contributed by atoms with Crippen LogP contribution >= 0.6 is 11.8 Å². The molecule has 1 amide bonds. The van der Waals surface area contributed by atoms with E-state index in [1.54, 1.807) is 6.07 Å². The van der Waals surface area contributed by atoms with Gasteiger partial charge in [0.1, 0.15) is 0 Å². The summed E-state index contributed by atoms with van der Waals surface area (Å²) >= 11 is 1.06. The Hall–Kier alpha value is -2.82. The average Bonchev–Trinajstić information content (AvgIpc) is 3.03. The molecule has 11 heteroatoms. The third-order valence-electron chi connectivity index (χ3n) is 3.75. The Balaban J connectivity index is 1.68. The van der Waals surface area contributed by atoms with Crippen LogP contribution in [0, 0.1) is 0 Å². The van der Waals surface area contributed by atoms with Crippen LogP contribution in [0.25, 0.3) is 5.65 Å². The highest BCUT2D eigenvalue weighted by Gasteiger charge is 2.30. The van der Waals surface area contributed by atoms with Crippen molar-refractivity contribution in [1.82, 2.24) is 19.6 Å². The van der Waals surface area contributed by atoms with Gasteiger partial charge < -0.3 is 11.1 Å². The fourth-order valence-corrected chi connectivity index (χ4v) is 3.29. The number of benzene rings is 1. The number of nitrogens with zero attached hydrogens (tertiary/aromatic N) is 4. The van der Waals surface area contributed by atoms with Crippen LogP contribution in [0.15, 0.2) is 35.5 Å². The number of halogens is 3. The number of hydrogen-bond donors (Lipinski definition) is 2. The Labute approximate surface area is 162 Å². The van der Waals surface area contributed by atoms with Crippen LogP contribution in [-0.4, -0.2) is 31.2 Å². The molecule has 0 atom stereocenters. The number of nitrogen functional groups attached to an aromatic ring is 1. The summed E-state index contributed by atoms with van der Waals surface area (Å²) in [5.74, 6) is -0.338. The third-order valence-corrected chi connectivity index (χ3v) is 4.68. The Morgan fingerprint density at radius 3 is 2.79 bits per heavy atom. The molecule has 148 valence electrons. The van der Waals surface area contributed by atoms with E-state index in [1.807, 2.05) is 6.92 Å². The molecule has 3 aromatic rings. The number of rotatable bonds is 6. The lowest BCUT2D eigenvalue weighted by atomic mass is 10.2. The Morgan fingerprint density at radius 1 is 1.29 bits per heavy atom. The first-order chi connectivity index (χ1) is 13.3. The molecule has 0 spiro atoms. The number of aryl methyl sites for hydroxylation is 1. The van der Waals surface area contributed by atoms with Crippen molar-refractivity contribution in [2.75, 3.05) is 16.8 Å². The van der Waals surface area contributed by atoms with E-state index in [0.717, 1.165) is 42.4 Å². The van der Waals surface area contributed by atoms with E-state index in [0.29, 0.717) is 10.8 Å². The van der Waals surface area contributed by atoms with E-state index in [-0.39, 0.29) is 17.4 Å². The van der Waals surface area contributed by atoms with Crippen LogP contribution in [0.1, 0.15) is 24.6 Å². The van der Waals surface area contributed by atoms with Gasteiger partial charge >= 0.3 is 6.18 Å². The number of aromatic nitrogens is 4. The second-order valence-corrected chi connectivity index (χ2v) is 6.89. The monoisotopic (exact) mass is 410 g/mol. The van der Waals surface area contributed by atoms with Crippen molar-refractivity contribution in [3.8, 4) is 0 Å². The van der Waals surface area contributed by atoms with Gasteiger partial charge in [0.25, 0.3) is 0 Å². The molecule has 0 aliphatic heterocycles. The SMILES string of the molecule is CCCc1cc2nnc(SCC(=O)Nc3cccc(C(F)(F)F)c3)n2c(N)n1. The highest BCUT2D eigenvalue weighted by atomic mass is 32.2. The van der Waals surface area contributed by atoms with E-state index >= 15 is 0 Å². The zero-order chi connectivity index (χ0) is 20.3. The summed E-state index contributed by atoms with van der Waals surface area (Å²) in [6.07, 6.45) is -2.80. The van der Waals surface area contributed by atoms with Crippen molar-refractivity contribution in [3.63, 3.8) is 0 Å². The van der Waals surface area contributed by atoms with Gasteiger partial charge in [-0.15, -0.1) is 10.2 Å². The predicted octanol–water partition coefficient (Wildman–Crippen LogP) is 3.41. The first-order valence-corrected chi connectivity index (χ1v) is 9.37. The minimum atomic E-state index is -4.48. The molecule has 2 aromatic heterocycles. The number of fused-ring (bicyclic) bond motifs is 1. The topological polar surface area (TPSA) is 98.2 Å². The van der Waals surface area contributed by atoms with Gasteiger partial charge in [-0.2, -0.15) is 13.2 Å². The number of amides is 1. The molecule has 28 heavy (non-hydrogen) atoms. The van der Waals surface area contributed by atoms with Crippen molar-refractivity contribution in [3.05, 3.63) is 41.6 Å². The van der Waals surface area contributed by atoms with E-state index in [2.05, 4.69) is 20.5 Å². The van der Waals surface area contributed by atoms with Gasteiger partial charge in [0, 0.05) is 17.4 Å². The molecule has 0 fully saturated rings. The van der Waals surface area contributed by atoms with Crippen LogP contribution in [0.2, 0.25) is 0 Å². The predicted molar refractivity (Wildman–Crippen MR) is 100.0 cm³/mol. The number of carbonyl (C=O) groups excluding carboxylic acids is 1. The summed E-state index contributed by atoms with van der Waals surface area (Å²) in [5, 5.41) is 10.9. The van der Waals surface area contributed by atoms with Crippen molar-refractivity contribution in [2.24, 2.45) is 0 Å². The summed E-state index contributed by atoms with van der Waals surface area (Å²) in [7, 11) is 0. The van der Waals surface area contributed by atoms with Crippen molar-refractivity contribution < 1.29 is 18.0 Å². The summed E-state index contributed by atoms with van der Waals surface area (Å²) in [6.45, 7) is 2.02. The largest absolute Gasteiger partial charge is 0.416 e. The number of alkyl halides is 3.